The van der Waals surface area contributed by atoms with Gasteiger partial charge in [-0.2, -0.15) is 4.98 Å². The van der Waals surface area contributed by atoms with Gasteiger partial charge in [0.1, 0.15) is 5.75 Å². The van der Waals surface area contributed by atoms with Crippen LogP contribution in [0, 0.1) is 13.8 Å². The summed E-state index contributed by atoms with van der Waals surface area (Å²) in [5.41, 5.74) is 4.37. The molecule has 0 saturated carbocycles. The third-order valence-corrected chi connectivity index (χ3v) is 5.78. The normalized spacial score (nSPS) is 17.6. The quantitative estimate of drug-likeness (QED) is 0.643. The highest BCUT2D eigenvalue weighted by molar-refractivity contribution is 5.80. The first-order valence-electron chi connectivity index (χ1n) is 9.81. The summed E-state index contributed by atoms with van der Waals surface area (Å²) in [6, 6.07) is 13.9. The zero-order valence-electron chi connectivity index (χ0n) is 17.2. The summed E-state index contributed by atoms with van der Waals surface area (Å²) < 4.78 is 10.7. The average molecular weight is 391 g/mol. The summed E-state index contributed by atoms with van der Waals surface area (Å²) in [6.45, 7) is 6.75. The lowest BCUT2D eigenvalue weighted by molar-refractivity contribution is -0.129. The Morgan fingerprint density at radius 1 is 1.14 bits per heavy atom. The molecule has 2 atom stereocenters. The zero-order valence-corrected chi connectivity index (χ0v) is 17.2. The van der Waals surface area contributed by atoms with Gasteiger partial charge in [-0.3, -0.25) is 4.79 Å². The summed E-state index contributed by atoms with van der Waals surface area (Å²) in [5.74, 6) is 1.94. The fraction of sp³-hybridized carbons (Fsp3) is 0.348. The van der Waals surface area contributed by atoms with Crippen LogP contribution < -0.4 is 4.74 Å². The van der Waals surface area contributed by atoms with E-state index < -0.39 is 0 Å². The van der Waals surface area contributed by atoms with Crippen LogP contribution in [0.5, 0.6) is 5.75 Å². The van der Waals surface area contributed by atoms with Crippen molar-refractivity contribution in [3.05, 3.63) is 65.0 Å². The van der Waals surface area contributed by atoms with Crippen molar-refractivity contribution in [2.45, 2.75) is 39.2 Å². The highest BCUT2D eigenvalue weighted by Crippen LogP contribution is 2.34. The Kier molecular flexibility index (Phi) is 5.09. The largest absolute Gasteiger partial charge is 0.497 e. The van der Waals surface area contributed by atoms with E-state index in [4.69, 9.17) is 9.26 Å². The number of carbonyl (C=O) groups is 1. The van der Waals surface area contributed by atoms with E-state index >= 15 is 0 Å². The van der Waals surface area contributed by atoms with Crippen molar-refractivity contribution in [3.8, 4) is 17.2 Å². The summed E-state index contributed by atoms with van der Waals surface area (Å²) in [5, 5.41) is 4.17. The number of rotatable bonds is 5. The molecule has 1 aromatic heterocycles. The fourth-order valence-electron chi connectivity index (χ4n) is 3.73. The molecule has 6 nitrogen and oxygen atoms in total. The van der Waals surface area contributed by atoms with Crippen molar-refractivity contribution < 1.29 is 14.1 Å². The van der Waals surface area contributed by atoms with Gasteiger partial charge in [-0.1, -0.05) is 23.4 Å². The van der Waals surface area contributed by atoms with Gasteiger partial charge in [0.25, 0.3) is 5.89 Å². The van der Waals surface area contributed by atoms with Crippen LogP contribution in [0.3, 0.4) is 0 Å². The predicted octanol–water partition coefficient (Wildman–Crippen LogP) is 4.44. The van der Waals surface area contributed by atoms with Crippen LogP contribution in [-0.2, 0) is 4.79 Å². The molecule has 1 saturated heterocycles. The Morgan fingerprint density at radius 3 is 2.59 bits per heavy atom. The van der Waals surface area contributed by atoms with Crippen molar-refractivity contribution in [3.63, 3.8) is 0 Å². The van der Waals surface area contributed by atoms with Crippen molar-refractivity contribution in [1.82, 2.24) is 15.0 Å². The Morgan fingerprint density at radius 2 is 1.90 bits per heavy atom. The number of benzene rings is 2. The van der Waals surface area contributed by atoms with E-state index in [0.29, 0.717) is 24.7 Å². The van der Waals surface area contributed by atoms with Crippen LogP contribution in [0.15, 0.2) is 47.0 Å². The summed E-state index contributed by atoms with van der Waals surface area (Å²) in [6.07, 6.45) is 0.395. The molecule has 0 radical (unpaired) electrons. The van der Waals surface area contributed by atoms with Gasteiger partial charge in [-0.15, -0.1) is 0 Å². The lowest BCUT2D eigenvalue weighted by atomic mass is 10.1. The van der Waals surface area contributed by atoms with E-state index in [1.54, 1.807) is 7.11 Å². The van der Waals surface area contributed by atoms with Gasteiger partial charge in [0.15, 0.2) is 5.82 Å². The molecule has 6 heteroatoms. The molecular weight excluding hydrogens is 366 g/mol. The summed E-state index contributed by atoms with van der Waals surface area (Å²) in [4.78, 5) is 19.1. The van der Waals surface area contributed by atoms with Gasteiger partial charge in [0, 0.05) is 24.4 Å². The molecule has 0 aliphatic carbocycles. The standard InChI is InChI=1S/C23H25N3O3/c1-14-5-6-18(11-15(14)2)23-24-22(25-29-23)19-12-21(27)26(13-19)16(3)17-7-9-20(28-4)10-8-17/h5-11,16,19H,12-13H2,1-4H3. The molecule has 2 heterocycles. The molecule has 0 N–H and O–H groups in total. The molecule has 1 aliphatic heterocycles. The number of aromatic nitrogens is 2. The number of nitrogens with zero attached hydrogens (tertiary/aromatic N) is 3. The molecule has 0 spiro atoms. The number of hydrogen-bond acceptors (Lipinski definition) is 5. The van der Waals surface area contributed by atoms with Crippen molar-refractivity contribution in [2.75, 3.05) is 13.7 Å². The third kappa shape index (κ3) is 3.75. The molecule has 2 unspecified atom stereocenters. The molecule has 1 aliphatic rings. The Bertz CT molecular complexity index is 1030. The first-order chi connectivity index (χ1) is 14.0. The van der Waals surface area contributed by atoms with Gasteiger partial charge in [0.05, 0.1) is 13.2 Å². The second-order valence-corrected chi connectivity index (χ2v) is 7.65. The van der Waals surface area contributed by atoms with Gasteiger partial charge in [0.2, 0.25) is 5.91 Å². The summed E-state index contributed by atoms with van der Waals surface area (Å²) in [7, 11) is 1.64. The van der Waals surface area contributed by atoms with Crippen LogP contribution in [0.25, 0.3) is 11.5 Å². The molecular formula is C23H25N3O3. The number of hydrogen-bond donors (Lipinski definition) is 0. The SMILES string of the molecule is COc1ccc(C(C)N2CC(c3noc(-c4ccc(C)c(C)c4)n3)CC2=O)cc1. The minimum atomic E-state index is -0.0627. The second kappa shape index (κ2) is 7.70. The monoisotopic (exact) mass is 391 g/mol. The number of amides is 1. The van der Waals surface area contributed by atoms with E-state index in [-0.39, 0.29) is 17.9 Å². The van der Waals surface area contributed by atoms with Crippen molar-refractivity contribution in [2.24, 2.45) is 0 Å². The van der Waals surface area contributed by atoms with Crippen LogP contribution in [-0.4, -0.2) is 34.6 Å². The number of ether oxygens (including phenoxy) is 1. The van der Waals surface area contributed by atoms with Crippen LogP contribution >= 0.6 is 0 Å². The second-order valence-electron chi connectivity index (χ2n) is 7.65. The van der Waals surface area contributed by atoms with E-state index in [0.717, 1.165) is 16.9 Å². The molecule has 1 fully saturated rings. The average Bonchev–Trinajstić information content (AvgIpc) is 3.36. The third-order valence-electron chi connectivity index (χ3n) is 5.78. The van der Waals surface area contributed by atoms with E-state index in [1.807, 2.05) is 54.3 Å². The van der Waals surface area contributed by atoms with Crippen LogP contribution in [0.2, 0.25) is 0 Å². The highest BCUT2D eigenvalue weighted by atomic mass is 16.5. The topological polar surface area (TPSA) is 68.5 Å². The Hall–Kier alpha value is -3.15. The van der Waals surface area contributed by atoms with E-state index in [9.17, 15) is 4.79 Å². The first-order valence-corrected chi connectivity index (χ1v) is 9.81. The molecule has 1 amide bonds. The number of aryl methyl sites for hydroxylation is 2. The Labute approximate surface area is 170 Å². The minimum absolute atomic E-state index is 0.0236. The smallest absolute Gasteiger partial charge is 0.257 e. The van der Waals surface area contributed by atoms with Crippen molar-refractivity contribution >= 4 is 5.91 Å². The lowest BCUT2D eigenvalue weighted by Crippen LogP contribution is -2.28. The minimum Gasteiger partial charge on any atom is -0.497 e. The van der Waals surface area contributed by atoms with Gasteiger partial charge in [-0.25, -0.2) is 0 Å². The number of carbonyl (C=O) groups excluding carboxylic acids is 1. The molecule has 29 heavy (non-hydrogen) atoms. The maximum absolute atomic E-state index is 12.7. The summed E-state index contributed by atoms with van der Waals surface area (Å²) >= 11 is 0. The first kappa shape index (κ1) is 19.2. The van der Waals surface area contributed by atoms with Crippen molar-refractivity contribution in [1.29, 1.82) is 0 Å². The molecule has 3 aromatic rings. The maximum Gasteiger partial charge on any atom is 0.257 e. The lowest BCUT2D eigenvalue weighted by Gasteiger charge is -2.25. The van der Waals surface area contributed by atoms with E-state index in [1.165, 1.54) is 11.1 Å². The zero-order chi connectivity index (χ0) is 20.5. The molecule has 0 bridgehead atoms. The molecule has 150 valence electrons. The fourth-order valence-corrected chi connectivity index (χ4v) is 3.73. The maximum atomic E-state index is 12.7. The predicted molar refractivity (Wildman–Crippen MR) is 110 cm³/mol. The molecule has 4 rings (SSSR count). The number of likely N-dealkylation sites (tertiary alicyclic amines) is 1. The number of methoxy groups -OCH3 is 1. The van der Waals surface area contributed by atoms with E-state index in [2.05, 4.69) is 24.0 Å². The van der Waals surface area contributed by atoms with Gasteiger partial charge < -0.3 is 14.2 Å². The van der Waals surface area contributed by atoms with Crippen LogP contribution in [0.1, 0.15) is 47.8 Å². The van der Waals surface area contributed by atoms with Gasteiger partial charge >= 0.3 is 0 Å². The molecule has 2 aromatic carbocycles. The van der Waals surface area contributed by atoms with Gasteiger partial charge in [-0.05, 0) is 61.7 Å². The van der Waals surface area contributed by atoms with Crippen LogP contribution in [0.4, 0.5) is 0 Å². The Balaban J connectivity index is 1.50. The highest BCUT2D eigenvalue weighted by Gasteiger charge is 2.36.